The van der Waals surface area contributed by atoms with E-state index in [2.05, 4.69) is 0 Å². The summed E-state index contributed by atoms with van der Waals surface area (Å²) in [5.41, 5.74) is 2.83. The highest BCUT2D eigenvalue weighted by Crippen LogP contribution is 2.26. The lowest BCUT2D eigenvalue weighted by Crippen LogP contribution is -2.37. The Balaban J connectivity index is 3.16. The minimum atomic E-state index is -0.884. The van der Waals surface area contributed by atoms with Crippen molar-refractivity contribution in [2.75, 3.05) is 11.4 Å². The van der Waals surface area contributed by atoms with Crippen LogP contribution in [0, 0.1) is 19.8 Å². The van der Waals surface area contributed by atoms with Crippen LogP contribution in [-0.2, 0) is 9.59 Å². The molecule has 1 aromatic carbocycles. The Morgan fingerprint density at radius 3 is 2.25 bits per heavy atom. The molecule has 110 valence electrons. The van der Waals surface area contributed by atoms with Crippen LogP contribution in [-0.4, -0.2) is 23.5 Å². The molecule has 0 bridgehead atoms. The molecule has 1 rings (SSSR count). The van der Waals surface area contributed by atoms with Gasteiger partial charge in [0.05, 0.1) is 5.92 Å². The zero-order valence-corrected chi connectivity index (χ0v) is 12.6. The first kappa shape index (κ1) is 16.2. The molecule has 0 aromatic heterocycles. The number of carboxylic acid groups (broad SMARTS) is 1. The highest BCUT2D eigenvalue weighted by Gasteiger charge is 2.23. The van der Waals surface area contributed by atoms with Crippen molar-refractivity contribution in [3.63, 3.8) is 0 Å². The van der Waals surface area contributed by atoms with Crippen LogP contribution < -0.4 is 4.90 Å². The monoisotopic (exact) mass is 277 g/mol. The number of nitrogens with zero attached hydrogens (tertiary/aromatic N) is 1. The molecular weight excluding hydrogens is 254 g/mol. The largest absolute Gasteiger partial charge is 0.481 e. The van der Waals surface area contributed by atoms with Gasteiger partial charge in [0.15, 0.2) is 0 Å². The standard InChI is InChI=1S/C16H23NO3/c1-5-7-14(18)17(10-13(4)16(19)20)15-11(2)8-6-9-12(15)3/h6,8-9,13H,5,7,10H2,1-4H3,(H,19,20). The molecule has 1 amide bonds. The number of aryl methyl sites for hydroxylation is 2. The normalized spacial score (nSPS) is 12.0. The van der Waals surface area contributed by atoms with Gasteiger partial charge in [-0.05, 0) is 31.4 Å². The lowest BCUT2D eigenvalue weighted by molar-refractivity contribution is -0.140. The Labute approximate surface area is 120 Å². The summed E-state index contributed by atoms with van der Waals surface area (Å²) < 4.78 is 0. The van der Waals surface area contributed by atoms with E-state index >= 15 is 0 Å². The molecule has 4 nitrogen and oxygen atoms in total. The molecule has 0 heterocycles. The molecule has 4 heteroatoms. The van der Waals surface area contributed by atoms with E-state index in [1.165, 1.54) is 0 Å². The predicted molar refractivity (Wildman–Crippen MR) is 80.0 cm³/mol. The number of benzene rings is 1. The Morgan fingerprint density at radius 2 is 1.80 bits per heavy atom. The second-order valence-corrected chi connectivity index (χ2v) is 5.23. The van der Waals surface area contributed by atoms with Crippen molar-refractivity contribution < 1.29 is 14.7 Å². The number of carboxylic acids is 1. The van der Waals surface area contributed by atoms with Crippen LogP contribution in [0.4, 0.5) is 5.69 Å². The first-order valence-corrected chi connectivity index (χ1v) is 6.97. The highest BCUT2D eigenvalue weighted by molar-refractivity contribution is 5.95. The van der Waals surface area contributed by atoms with Gasteiger partial charge < -0.3 is 10.0 Å². The van der Waals surface area contributed by atoms with Crippen LogP contribution in [0.3, 0.4) is 0 Å². The van der Waals surface area contributed by atoms with E-state index in [4.69, 9.17) is 5.11 Å². The third-order valence-corrected chi connectivity index (χ3v) is 3.35. The number of carbonyl (C=O) groups is 2. The molecule has 20 heavy (non-hydrogen) atoms. The summed E-state index contributed by atoms with van der Waals surface area (Å²) in [7, 11) is 0. The van der Waals surface area contributed by atoms with Crippen molar-refractivity contribution in [1.82, 2.24) is 0 Å². The van der Waals surface area contributed by atoms with Crippen molar-refractivity contribution in [3.05, 3.63) is 29.3 Å². The van der Waals surface area contributed by atoms with Crippen LogP contribution in [0.15, 0.2) is 18.2 Å². The number of rotatable bonds is 6. The van der Waals surface area contributed by atoms with Gasteiger partial charge in [-0.15, -0.1) is 0 Å². The lowest BCUT2D eigenvalue weighted by Gasteiger charge is -2.28. The van der Waals surface area contributed by atoms with Gasteiger partial charge >= 0.3 is 5.97 Å². The summed E-state index contributed by atoms with van der Waals surface area (Å²) in [5, 5.41) is 9.09. The summed E-state index contributed by atoms with van der Waals surface area (Å²) in [6.45, 7) is 7.67. The van der Waals surface area contributed by atoms with Crippen molar-refractivity contribution in [2.24, 2.45) is 5.92 Å². The zero-order valence-electron chi connectivity index (χ0n) is 12.6. The molecule has 0 aliphatic rings. The fourth-order valence-corrected chi connectivity index (χ4v) is 2.25. The minimum absolute atomic E-state index is 0.0157. The van der Waals surface area contributed by atoms with Gasteiger partial charge in [0.2, 0.25) is 5.91 Å². The van der Waals surface area contributed by atoms with Gasteiger partial charge in [0, 0.05) is 18.7 Å². The van der Waals surface area contributed by atoms with Crippen LogP contribution >= 0.6 is 0 Å². The number of para-hydroxylation sites is 1. The van der Waals surface area contributed by atoms with Crippen LogP contribution in [0.2, 0.25) is 0 Å². The third kappa shape index (κ3) is 3.83. The Kier molecular flexibility index (Phi) is 5.74. The molecule has 0 saturated heterocycles. The Hall–Kier alpha value is -1.84. The molecular formula is C16H23NO3. The molecule has 0 aliphatic carbocycles. The maximum Gasteiger partial charge on any atom is 0.308 e. The van der Waals surface area contributed by atoms with Crippen LogP contribution in [0.5, 0.6) is 0 Å². The first-order chi connectivity index (χ1) is 9.38. The summed E-state index contributed by atoms with van der Waals surface area (Å²) in [6, 6.07) is 5.83. The maximum absolute atomic E-state index is 12.3. The second kappa shape index (κ2) is 7.08. The number of aliphatic carboxylic acids is 1. The molecule has 0 spiro atoms. The number of hydrogen-bond donors (Lipinski definition) is 1. The Bertz CT molecular complexity index is 476. The zero-order chi connectivity index (χ0) is 15.3. The number of amides is 1. The highest BCUT2D eigenvalue weighted by atomic mass is 16.4. The fraction of sp³-hybridized carbons (Fsp3) is 0.500. The molecule has 0 fully saturated rings. The number of hydrogen-bond acceptors (Lipinski definition) is 2. The SMILES string of the molecule is CCCC(=O)N(CC(C)C(=O)O)c1c(C)cccc1C. The average Bonchev–Trinajstić information content (AvgIpc) is 2.37. The Morgan fingerprint density at radius 1 is 1.25 bits per heavy atom. The summed E-state index contributed by atoms with van der Waals surface area (Å²) in [6.07, 6.45) is 1.18. The van der Waals surface area contributed by atoms with Crippen LogP contribution in [0.25, 0.3) is 0 Å². The van der Waals surface area contributed by atoms with Gasteiger partial charge in [0.25, 0.3) is 0 Å². The molecule has 1 atom stereocenters. The van der Waals surface area contributed by atoms with Gasteiger partial charge in [-0.25, -0.2) is 0 Å². The first-order valence-electron chi connectivity index (χ1n) is 6.97. The lowest BCUT2D eigenvalue weighted by atomic mass is 10.0. The minimum Gasteiger partial charge on any atom is -0.481 e. The van der Waals surface area contributed by atoms with Crippen molar-refractivity contribution >= 4 is 17.6 Å². The smallest absolute Gasteiger partial charge is 0.308 e. The molecule has 0 radical (unpaired) electrons. The molecule has 0 saturated carbocycles. The topological polar surface area (TPSA) is 57.6 Å². The molecule has 1 aromatic rings. The predicted octanol–water partition coefficient (Wildman–Crippen LogP) is 3.16. The van der Waals surface area contributed by atoms with Gasteiger partial charge in [-0.2, -0.15) is 0 Å². The van der Waals surface area contributed by atoms with Crippen LogP contribution in [0.1, 0.15) is 37.8 Å². The van der Waals surface area contributed by atoms with E-state index in [9.17, 15) is 9.59 Å². The van der Waals surface area contributed by atoms with E-state index in [1.807, 2.05) is 39.0 Å². The number of carbonyl (C=O) groups excluding carboxylic acids is 1. The van der Waals surface area contributed by atoms with Gasteiger partial charge in [-0.3, -0.25) is 9.59 Å². The number of anilines is 1. The van der Waals surface area contributed by atoms with Crippen molar-refractivity contribution in [2.45, 2.75) is 40.5 Å². The van der Waals surface area contributed by atoms with Crippen molar-refractivity contribution in [1.29, 1.82) is 0 Å². The van der Waals surface area contributed by atoms with Gasteiger partial charge in [-0.1, -0.05) is 32.0 Å². The average molecular weight is 277 g/mol. The summed E-state index contributed by atoms with van der Waals surface area (Å²) >= 11 is 0. The molecule has 0 aliphatic heterocycles. The van der Waals surface area contributed by atoms with E-state index < -0.39 is 11.9 Å². The van der Waals surface area contributed by atoms with Crippen molar-refractivity contribution in [3.8, 4) is 0 Å². The molecule has 1 unspecified atom stereocenters. The second-order valence-electron chi connectivity index (χ2n) is 5.23. The van der Waals surface area contributed by atoms with E-state index in [0.29, 0.717) is 6.42 Å². The van der Waals surface area contributed by atoms with E-state index in [0.717, 1.165) is 23.2 Å². The fourth-order valence-electron chi connectivity index (χ4n) is 2.25. The summed E-state index contributed by atoms with van der Waals surface area (Å²) in [5.74, 6) is -1.49. The summed E-state index contributed by atoms with van der Waals surface area (Å²) in [4.78, 5) is 25.0. The van der Waals surface area contributed by atoms with E-state index in [1.54, 1.807) is 11.8 Å². The maximum atomic E-state index is 12.3. The molecule has 1 N–H and O–H groups in total. The third-order valence-electron chi connectivity index (χ3n) is 3.35. The van der Waals surface area contributed by atoms with E-state index in [-0.39, 0.29) is 12.5 Å². The van der Waals surface area contributed by atoms with Gasteiger partial charge in [0.1, 0.15) is 0 Å². The quantitative estimate of drug-likeness (QED) is 0.869.